The van der Waals surface area contributed by atoms with Crippen LogP contribution >= 0.6 is 27.3 Å². The van der Waals surface area contributed by atoms with Crippen molar-refractivity contribution in [3.63, 3.8) is 0 Å². The molecule has 0 radical (unpaired) electrons. The highest BCUT2D eigenvalue weighted by Crippen LogP contribution is 2.31. The molecule has 0 bridgehead atoms. The lowest BCUT2D eigenvalue weighted by Crippen LogP contribution is -2.14. The molecule has 0 spiro atoms. The second-order valence-corrected chi connectivity index (χ2v) is 8.74. The number of rotatable bonds is 6. The molecule has 1 N–H and O–H groups in total. The fourth-order valence-electron chi connectivity index (χ4n) is 2.23. The molecule has 0 fully saturated rings. The number of halogens is 1. The Hall–Kier alpha value is -2.90. The largest absolute Gasteiger partial charge is 0.296 e. The van der Waals surface area contributed by atoms with Crippen molar-refractivity contribution in [2.75, 3.05) is 4.72 Å². The summed E-state index contributed by atoms with van der Waals surface area (Å²) in [5.74, 6) is 0. The van der Waals surface area contributed by atoms with Gasteiger partial charge in [-0.3, -0.25) is 25.0 Å². The predicted molar refractivity (Wildman–Crippen MR) is 106 cm³/mol. The molecule has 13 heteroatoms. The Morgan fingerprint density at radius 1 is 1.04 bits per heavy atom. The summed E-state index contributed by atoms with van der Waals surface area (Å²) in [4.78, 5) is 23.6. The zero-order chi connectivity index (χ0) is 20.5. The van der Waals surface area contributed by atoms with Gasteiger partial charge in [0, 0.05) is 21.5 Å². The zero-order valence-electron chi connectivity index (χ0n) is 13.6. The number of sulfonamides is 1. The maximum absolute atomic E-state index is 12.6. The van der Waals surface area contributed by atoms with E-state index in [4.69, 9.17) is 0 Å². The molecule has 0 saturated heterocycles. The Morgan fingerprint density at radius 2 is 1.71 bits per heavy atom. The van der Waals surface area contributed by atoms with E-state index in [0.717, 1.165) is 33.5 Å². The molecule has 3 rings (SSSR count). The standard InChI is InChI=1S/C15H9BrN4O6S2/c16-10-3-1-9(2-4-10)12-8-27-15(17-12)18-28(25,26)14-6-5-11(19(21)22)7-13(14)20(23)24/h1-8H,(H,17,18). The smallest absolute Gasteiger partial charge is 0.258 e. The molecule has 28 heavy (non-hydrogen) atoms. The molecule has 0 aliphatic heterocycles. The number of benzene rings is 2. The van der Waals surface area contributed by atoms with E-state index >= 15 is 0 Å². The lowest BCUT2D eigenvalue weighted by Gasteiger charge is -2.06. The first-order chi connectivity index (χ1) is 13.2. The normalized spacial score (nSPS) is 11.2. The van der Waals surface area contributed by atoms with E-state index in [0.29, 0.717) is 11.8 Å². The molecule has 0 aliphatic carbocycles. The van der Waals surface area contributed by atoms with E-state index in [1.807, 2.05) is 0 Å². The van der Waals surface area contributed by atoms with E-state index in [9.17, 15) is 28.6 Å². The topological polar surface area (TPSA) is 145 Å². The Balaban J connectivity index is 1.93. The van der Waals surface area contributed by atoms with Crippen LogP contribution in [-0.4, -0.2) is 23.2 Å². The Bertz CT molecular complexity index is 1180. The quantitative estimate of drug-likeness (QED) is 0.407. The maximum Gasteiger partial charge on any atom is 0.296 e. The molecule has 1 aromatic heterocycles. The Morgan fingerprint density at radius 3 is 2.32 bits per heavy atom. The van der Waals surface area contributed by atoms with Gasteiger partial charge in [0.15, 0.2) is 10.0 Å². The summed E-state index contributed by atoms with van der Waals surface area (Å²) >= 11 is 4.32. The van der Waals surface area contributed by atoms with Crippen LogP contribution in [0.15, 0.2) is 57.2 Å². The van der Waals surface area contributed by atoms with Crippen LogP contribution in [0.5, 0.6) is 0 Å². The molecule has 1 heterocycles. The van der Waals surface area contributed by atoms with Crippen molar-refractivity contribution in [2.24, 2.45) is 0 Å². The first-order valence-corrected chi connectivity index (χ1v) is 10.5. The van der Waals surface area contributed by atoms with Crippen molar-refractivity contribution in [1.29, 1.82) is 0 Å². The minimum Gasteiger partial charge on any atom is -0.258 e. The molecule has 0 atom stereocenters. The summed E-state index contributed by atoms with van der Waals surface area (Å²) in [6.45, 7) is 0. The molecular weight excluding hydrogens is 476 g/mol. The molecule has 0 aliphatic rings. The molecule has 3 aromatic rings. The summed E-state index contributed by atoms with van der Waals surface area (Å²) in [5, 5.41) is 23.6. The van der Waals surface area contributed by atoms with Gasteiger partial charge in [0.05, 0.1) is 21.6 Å². The van der Waals surface area contributed by atoms with Gasteiger partial charge in [-0.1, -0.05) is 28.1 Å². The second-order valence-electron chi connectivity index (χ2n) is 5.32. The van der Waals surface area contributed by atoms with E-state index in [2.05, 4.69) is 25.6 Å². The second kappa shape index (κ2) is 7.61. The lowest BCUT2D eigenvalue weighted by atomic mass is 10.2. The highest BCUT2D eigenvalue weighted by Gasteiger charge is 2.29. The minimum atomic E-state index is -4.38. The molecule has 0 unspecified atom stereocenters. The highest BCUT2D eigenvalue weighted by atomic mass is 79.9. The van der Waals surface area contributed by atoms with Gasteiger partial charge >= 0.3 is 0 Å². The van der Waals surface area contributed by atoms with Gasteiger partial charge in [0.2, 0.25) is 0 Å². The number of thiazole rings is 1. The number of hydrogen-bond acceptors (Lipinski definition) is 8. The zero-order valence-corrected chi connectivity index (χ0v) is 16.8. The summed E-state index contributed by atoms with van der Waals surface area (Å²) in [6.07, 6.45) is 0. The highest BCUT2D eigenvalue weighted by molar-refractivity contribution is 9.10. The third-order valence-corrected chi connectivity index (χ3v) is 6.31. The van der Waals surface area contributed by atoms with E-state index in [-0.39, 0.29) is 5.13 Å². The number of nitrogens with one attached hydrogen (secondary N) is 1. The minimum absolute atomic E-state index is 0.00516. The van der Waals surface area contributed by atoms with Crippen LogP contribution in [-0.2, 0) is 10.0 Å². The van der Waals surface area contributed by atoms with Crippen LogP contribution in [0.4, 0.5) is 16.5 Å². The van der Waals surface area contributed by atoms with Crippen LogP contribution in [0.1, 0.15) is 0 Å². The van der Waals surface area contributed by atoms with E-state index in [1.54, 1.807) is 29.6 Å². The third-order valence-electron chi connectivity index (χ3n) is 3.51. The third kappa shape index (κ3) is 4.16. The summed E-state index contributed by atoms with van der Waals surface area (Å²) < 4.78 is 28.2. The molecule has 0 saturated carbocycles. The molecule has 144 valence electrons. The van der Waals surface area contributed by atoms with Gasteiger partial charge in [-0.05, 0) is 18.2 Å². The summed E-state index contributed by atoms with van der Waals surface area (Å²) in [6, 6.07) is 9.50. The monoisotopic (exact) mass is 484 g/mol. The first-order valence-electron chi connectivity index (χ1n) is 7.34. The van der Waals surface area contributed by atoms with Crippen molar-refractivity contribution < 1.29 is 18.3 Å². The van der Waals surface area contributed by atoms with Crippen molar-refractivity contribution >= 4 is 53.8 Å². The van der Waals surface area contributed by atoms with Gasteiger partial charge in [-0.2, -0.15) is 0 Å². The van der Waals surface area contributed by atoms with Gasteiger partial charge in [-0.25, -0.2) is 13.4 Å². The number of nitro groups is 2. The predicted octanol–water partition coefficient (Wildman–Crippen LogP) is 4.19. The fraction of sp³-hybridized carbons (Fsp3) is 0. The molecule has 0 amide bonds. The number of anilines is 1. The van der Waals surface area contributed by atoms with Crippen LogP contribution in [0.3, 0.4) is 0 Å². The summed E-state index contributed by atoms with van der Waals surface area (Å²) in [7, 11) is -4.38. The van der Waals surface area contributed by atoms with Crippen molar-refractivity contribution in [2.45, 2.75) is 4.90 Å². The van der Waals surface area contributed by atoms with Crippen LogP contribution in [0.2, 0.25) is 0 Å². The molecular formula is C15H9BrN4O6S2. The van der Waals surface area contributed by atoms with Gasteiger partial charge in [0.1, 0.15) is 0 Å². The Labute approximate surface area is 170 Å². The van der Waals surface area contributed by atoms with Crippen LogP contribution in [0, 0.1) is 20.2 Å². The average Bonchev–Trinajstić information content (AvgIpc) is 3.09. The number of nitro benzene ring substituents is 2. The fourth-order valence-corrected chi connectivity index (χ4v) is 4.62. The summed E-state index contributed by atoms with van der Waals surface area (Å²) in [5.41, 5.74) is -0.205. The van der Waals surface area contributed by atoms with Crippen molar-refractivity contribution in [1.82, 2.24) is 4.98 Å². The number of nitrogens with zero attached hydrogens (tertiary/aromatic N) is 3. The first kappa shape index (κ1) is 19.9. The molecule has 10 nitrogen and oxygen atoms in total. The number of non-ortho nitro benzene ring substituents is 1. The SMILES string of the molecule is O=[N+]([O-])c1ccc(S(=O)(=O)Nc2nc(-c3ccc(Br)cc3)cs2)c([N+](=O)[O-])c1. The van der Waals surface area contributed by atoms with Crippen LogP contribution in [0.25, 0.3) is 11.3 Å². The van der Waals surface area contributed by atoms with E-state index in [1.165, 1.54) is 0 Å². The maximum atomic E-state index is 12.6. The number of hydrogen-bond donors (Lipinski definition) is 1. The Kier molecular flexibility index (Phi) is 5.40. The number of aromatic nitrogens is 1. The van der Waals surface area contributed by atoms with Gasteiger partial charge < -0.3 is 0 Å². The van der Waals surface area contributed by atoms with Crippen molar-refractivity contribution in [3.05, 3.63) is 72.5 Å². The van der Waals surface area contributed by atoms with Gasteiger partial charge in [-0.15, -0.1) is 11.3 Å². The van der Waals surface area contributed by atoms with E-state index < -0.39 is 36.1 Å². The molecule has 2 aromatic carbocycles. The van der Waals surface area contributed by atoms with Crippen molar-refractivity contribution in [3.8, 4) is 11.3 Å². The van der Waals surface area contributed by atoms with Gasteiger partial charge in [0.25, 0.3) is 21.4 Å². The lowest BCUT2D eigenvalue weighted by molar-refractivity contribution is -0.396. The average molecular weight is 485 g/mol. The van der Waals surface area contributed by atoms with Crippen LogP contribution < -0.4 is 4.72 Å².